The molecule has 0 radical (unpaired) electrons. The van der Waals surface area contributed by atoms with E-state index in [0.717, 1.165) is 5.56 Å². The molecular formula is C14H20F3IN4O2. The second-order valence-corrected chi connectivity index (χ2v) is 4.53. The number of hydrogen-bond acceptors (Lipinski definition) is 3. The summed E-state index contributed by atoms with van der Waals surface area (Å²) in [6, 6.07) is 6.91. The minimum Gasteiger partial charge on any atom is -0.453 e. The molecule has 0 atom stereocenters. The van der Waals surface area contributed by atoms with Crippen LogP contribution < -0.4 is 16.0 Å². The highest BCUT2D eigenvalue weighted by molar-refractivity contribution is 14.0. The van der Waals surface area contributed by atoms with Gasteiger partial charge in [0.1, 0.15) is 0 Å². The Bertz CT molecular complexity index is 536. The summed E-state index contributed by atoms with van der Waals surface area (Å²) in [5.74, 6) is 0.283. The van der Waals surface area contributed by atoms with E-state index in [1.165, 1.54) is 14.2 Å². The Labute approximate surface area is 155 Å². The molecule has 1 aromatic carbocycles. The lowest BCUT2D eigenvalue weighted by molar-refractivity contribution is -0.132. The largest absolute Gasteiger partial charge is 0.453 e. The maximum absolute atomic E-state index is 12.1. The van der Waals surface area contributed by atoms with E-state index in [1.807, 2.05) is 0 Å². The fraction of sp³-hybridized carbons (Fsp3) is 0.429. The number of halogens is 4. The lowest BCUT2D eigenvalue weighted by atomic mass is 10.2. The zero-order chi connectivity index (χ0) is 17.3. The van der Waals surface area contributed by atoms with Crippen LogP contribution in [0.4, 0.5) is 23.7 Å². The summed E-state index contributed by atoms with van der Waals surface area (Å²) in [6.45, 7) is 0.134. The Morgan fingerprint density at radius 3 is 2.33 bits per heavy atom. The van der Waals surface area contributed by atoms with Crippen LogP contribution in [0, 0.1) is 0 Å². The van der Waals surface area contributed by atoms with Crippen LogP contribution in [-0.2, 0) is 11.3 Å². The van der Waals surface area contributed by atoms with E-state index in [-0.39, 0.29) is 36.5 Å². The molecule has 10 heteroatoms. The molecule has 0 aliphatic carbocycles. The highest BCUT2D eigenvalue weighted by Crippen LogP contribution is 2.18. The van der Waals surface area contributed by atoms with Crippen LogP contribution in [0.15, 0.2) is 29.3 Å². The van der Waals surface area contributed by atoms with E-state index in [9.17, 15) is 18.0 Å². The molecule has 0 saturated carbocycles. The Morgan fingerprint density at radius 2 is 1.83 bits per heavy atom. The molecule has 1 amide bonds. The summed E-state index contributed by atoms with van der Waals surface area (Å²) < 4.78 is 40.7. The number of methoxy groups -OCH3 is 1. The van der Waals surface area contributed by atoms with E-state index in [1.54, 1.807) is 24.3 Å². The normalized spacial score (nSPS) is 11.3. The quantitative estimate of drug-likeness (QED) is 0.359. The van der Waals surface area contributed by atoms with Crippen molar-refractivity contribution < 1.29 is 22.7 Å². The molecule has 0 bridgehead atoms. The first-order chi connectivity index (χ1) is 10.8. The third-order valence-corrected chi connectivity index (χ3v) is 2.77. The number of carbonyl (C=O) groups is 1. The zero-order valence-electron chi connectivity index (χ0n) is 13.2. The fourth-order valence-corrected chi connectivity index (χ4v) is 1.60. The second-order valence-electron chi connectivity index (χ2n) is 4.53. The third-order valence-electron chi connectivity index (χ3n) is 2.77. The Morgan fingerprint density at radius 1 is 1.21 bits per heavy atom. The highest BCUT2D eigenvalue weighted by atomic mass is 127. The molecule has 0 saturated heterocycles. The summed E-state index contributed by atoms with van der Waals surface area (Å²) in [4.78, 5) is 14.9. The molecule has 0 unspecified atom stereocenters. The van der Waals surface area contributed by atoms with Crippen molar-refractivity contribution >= 4 is 41.7 Å². The number of aliphatic imine (C=N–C) groups is 1. The number of anilines is 1. The van der Waals surface area contributed by atoms with Crippen LogP contribution in [0.3, 0.4) is 0 Å². The number of nitrogens with one attached hydrogen (secondary N) is 3. The van der Waals surface area contributed by atoms with E-state index < -0.39 is 18.7 Å². The molecule has 1 aromatic rings. The fourth-order valence-electron chi connectivity index (χ4n) is 1.60. The molecule has 136 valence electrons. The molecule has 0 spiro atoms. The van der Waals surface area contributed by atoms with Crippen molar-refractivity contribution in [2.24, 2.45) is 4.99 Å². The van der Waals surface area contributed by atoms with Gasteiger partial charge in [0, 0.05) is 25.8 Å². The molecule has 0 aliphatic rings. The molecular weight excluding hydrogens is 440 g/mol. The first-order valence-electron chi connectivity index (χ1n) is 6.79. The Hall–Kier alpha value is -1.72. The zero-order valence-corrected chi connectivity index (χ0v) is 15.6. The van der Waals surface area contributed by atoms with Gasteiger partial charge in [-0.2, -0.15) is 13.2 Å². The standard InChI is InChI=1S/C14H19F3N4O2.HI/c1-18-12(19-8-7-14(15,16)17)20-9-10-3-5-11(6-4-10)21-13(22)23-2;/h3-6H,7-9H2,1-2H3,(H,21,22)(H2,18,19,20);1H. The van der Waals surface area contributed by atoms with Gasteiger partial charge in [0.05, 0.1) is 13.5 Å². The average molecular weight is 460 g/mol. The van der Waals surface area contributed by atoms with Gasteiger partial charge in [-0.1, -0.05) is 12.1 Å². The van der Waals surface area contributed by atoms with E-state index in [4.69, 9.17) is 0 Å². The van der Waals surface area contributed by atoms with Crippen molar-refractivity contribution in [1.82, 2.24) is 10.6 Å². The monoisotopic (exact) mass is 460 g/mol. The molecule has 6 nitrogen and oxygen atoms in total. The average Bonchev–Trinajstić information content (AvgIpc) is 2.50. The molecule has 3 N–H and O–H groups in total. The van der Waals surface area contributed by atoms with Gasteiger partial charge in [-0.05, 0) is 17.7 Å². The molecule has 24 heavy (non-hydrogen) atoms. The predicted octanol–water partition coefficient (Wildman–Crippen LogP) is 3.10. The Kier molecular flexibility index (Phi) is 10.2. The summed E-state index contributed by atoms with van der Waals surface area (Å²) in [5, 5.41) is 8.00. The lowest BCUT2D eigenvalue weighted by Gasteiger charge is -2.13. The van der Waals surface area contributed by atoms with Gasteiger partial charge in [0.25, 0.3) is 0 Å². The summed E-state index contributed by atoms with van der Waals surface area (Å²) in [7, 11) is 2.75. The van der Waals surface area contributed by atoms with Crippen LogP contribution in [0.2, 0.25) is 0 Å². The van der Waals surface area contributed by atoms with Crippen molar-refractivity contribution in [3.63, 3.8) is 0 Å². The van der Waals surface area contributed by atoms with Crippen molar-refractivity contribution in [2.45, 2.75) is 19.1 Å². The van der Waals surface area contributed by atoms with Gasteiger partial charge < -0.3 is 15.4 Å². The molecule has 0 fully saturated rings. The van der Waals surface area contributed by atoms with Gasteiger partial charge in [-0.3, -0.25) is 10.3 Å². The maximum Gasteiger partial charge on any atom is 0.411 e. The van der Waals surface area contributed by atoms with Gasteiger partial charge in [-0.25, -0.2) is 4.79 Å². The number of hydrogen-bond donors (Lipinski definition) is 3. The maximum atomic E-state index is 12.1. The summed E-state index contributed by atoms with van der Waals surface area (Å²) >= 11 is 0. The van der Waals surface area contributed by atoms with Crippen LogP contribution in [0.25, 0.3) is 0 Å². The van der Waals surface area contributed by atoms with Crippen molar-refractivity contribution in [3.05, 3.63) is 29.8 Å². The number of ether oxygens (including phenoxy) is 1. The van der Waals surface area contributed by atoms with Crippen molar-refractivity contribution in [3.8, 4) is 0 Å². The predicted molar refractivity (Wildman–Crippen MR) is 96.8 cm³/mol. The number of carbonyl (C=O) groups excluding carboxylic acids is 1. The smallest absolute Gasteiger partial charge is 0.411 e. The van der Waals surface area contributed by atoms with Crippen molar-refractivity contribution in [2.75, 3.05) is 26.0 Å². The van der Waals surface area contributed by atoms with Crippen LogP contribution in [0.1, 0.15) is 12.0 Å². The minimum absolute atomic E-state index is 0. The topological polar surface area (TPSA) is 74.8 Å². The van der Waals surface area contributed by atoms with E-state index in [2.05, 4.69) is 25.7 Å². The number of benzene rings is 1. The lowest BCUT2D eigenvalue weighted by Crippen LogP contribution is -2.38. The van der Waals surface area contributed by atoms with Crippen LogP contribution in [0.5, 0.6) is 0 Å². The molecule has 0 aliphatic heterocycles. The summed E-state index contributed by atoms with van der Waals surface area (Å²) in [5.41, 5.74) is 1.45. The summed E-state index contributed by atoms with van der Waals surface area (Å²) in [6.07, 6.45) is -5.69. The number of nitrogens with zero attached hydrogens (tertiary/aromatic N) is 1. The SMILES string of the molecule is CN=C(NCCC(F)(F)F)NCc1ccc(NC(=O)OC)cc1.I. The molecule has 0 aromatic heterocycles. The first-order valence-corrected chi connectivity index (χ1v) is 6.79. The third kappa shape index (κ3) is 9.43. The Balaban J connectivity index is 0.00000529. The molecule has 1 rings (SSSR count). The van der Waals surface area contributed by atoms with Gasteiger partial charge >= 0.3 is 12.3 Å². The number of alkyl halides is 3. The van der Waals surface area contributed by atoms with Crippen LogP contribution >= 0.6 is 24.0 Å². The van der Waals surface area contributed by atoms with Gasteiger partial charge in [0.2, 0.25) is 0 Å². The first kappa shape index (κ1) is 22.3. The van der Waals surface area contributed by atoms with Gasteiger partial charge in [-0.15, -0.1) is 24.0 Å². The number of guanidine groups is 1. The minimum atomic E-state index is -4.20. The second kappa shape index (κ2) is 10.9. The number of amides is 1. The van der Waals surface area contributed by atoms with E-state index in [0.29, 0.717) is 12.2 Å². The number of rotatable bonds is 5. The van der Waals surface area contributed by atoms with Crippen LogP contribution in [-0.4, -0.2) is 38.9 Å². The van der Waals surface area contributed by atoms with Crippen molar-refractivity contribution in [1.29, 1.82) is 0 Å². The highest BCUT2D eigenvalue weighted by Gasteiger charge is 2.26. The van der Waals surface area contributed by atoms with E-state index >= 15 is 0 Å². The molecule has 0 heterocycles. The van der Waals surface area contributed by atoms with Gasteiger partial charge in [0.15, 0.2) is 5.96 Å².